The lowest BCUT2D eigenvalue weighted by Gasteiger charge is -2.37. The highest BCUT2D eigenvalue weighted by Crippen LogP contribution is 2.35. The molecule has 1 aliphatic carbocycles. The van der Waals surface area contributed by atoms with Crippen LogP contribution >= 0.6 is 0 Å². The molecule has 0 saturated heterocycles. The second-order valence-corrected chi connectivity index (χ2v) is 5.53. The van der Waals surface area contributed by atoms with Crippen molar-refractivity contribution in [2.75, 3.05) is 13.2 Å². The molecule has 96 valence electrons. The molecule has 0 amide bonds. The molecule has 3 heteroatoms. The van der Waals surface area contributed by atoms with Crippen LogP contribution in [0.25, 0.3) is 0 Å². The molecule has 0 heterocycles. The molecule has 0 aromatic carbocycles. The zero-order valence-electron chi connectivity index (χ0n) is 10.7. The normalized spacial score (nSPS) is 33.0. The smallest absolute Gasteiger partial charge is 0.100 e. The third-order valence-corrected chi connectivity index (χ3v) is 3.67. The molecular weight excluding hydrogens is 204 g/mol. The van der Waals surface area contributed by atoms with Gasteiger partial charge in [-0.15, -0.1) is 0 Å². The number of aliphatic hydroxyl groups is 2. The number of aliphatic hydroxyl groups excluding tert-OH is 2. The van der Waals surface area contributed by atoms with E-state index in [9.17, 15) is 5.11 Å². The Kier molecular flexibility index (Phi) is 5.73. The summed E-state index contributed by atoms with van der Waals surface area (Å²) in [6, 6.07) is 0. The molecule has 0 radical (unpaired) electrons. The summed E-state index contributed by atoms with van der Waals surface area (Å²) >= 11 is 0. The lowest BCUT2D eigenvalue weighted by Crippen LogP contribution is -2.36. The summed E-state index contributed by atoms with van der Waals surface area (Å²) in [7, 11) is 0. The second-order valence-electron chi connectivity index (χ2n) is 5.53. The fourth-order valence-electron chi connectivity index (χ4n) is 2.59. The molecule has 0 aliphatic heterocycles. The molecule has 0 spiro atoms. The predicted octanol–water partition coefficient (Wildman–Crippen LogP) is 1.82. The molecule has 1 saturated carbocycles. The van der Waals surface area contributed by atoms with Crippen LogP contribution < -0.4 is 0 Å². The van der Waals surface area contributed by atoms with Crippen molar-refractivity contribution in [3.8, 4) is 0 Å². The van der Waals surface area contributed by atoms with Crippen LogP contribution in [0.2, 0.25) is 0 Å². The van der Waals surface area contributed by atoms with E-state index < -0.39 is 6.10 Å². The topological polar surface area (TPSA) is 49.7 Å². The SMILES string of the molecule is CC(C)[C@@H]1CC[C@@H](C)C[C@H]1OC[C@@H](O)CO. The standard InChI is InChI=1S/C13H26O3/c1-9(2)12-5-4-10(3)6-13(12)16-8-11(15)7-14/h9-15H,4-8H2,1-3H3/t10-,11+,12+,13-/m1/s1. The molecule has 0 aromatic heterocycles. The van der Waals surface area contributed by atoms with E-state index in [4.69, 9.17) is 9.84 Å². The molecule has 0 bridgehead atoms. The first-order valence-electron chi connectivity index (χ1n) is 6.45. The van der Waals surface area contributed by atoms with Gasteiger partial charge in [-0.05, 0) is 30.6 Å². The van der Waals surface area contributed by atoms with E-state index in [-0.39, 0.29) is 19.3 Å². The molecule has 2 N–H and O–H groups in total. The maximum Gasteiger partial charge on any atom is 0.100 e. The van der Waals surface area contributed by atoms with Gasteiger partial charge in [0.15, 0.2) is 0 Å². The van der Waals surface area contributed by atoms with Gasteiger partial charge in [0.1, 0.15) is 6.10 Å². The minimum absolute atomic E-state index is 0.214. The van der Waals surface area contributed by atoms with Crippen LogP contribution in [0.4, 0.5) is 0 Å². The molecule has 0 unspecified atom stereocenters. The lowest BCUT2D eigenvalue weighted by molar-refractivity contribution is -0.0776. The van der Waals surface area contributed by atoms with E-state index in [0.29, 0.717) is 17.8 Å². The van der Waals surface area contributed by atoms with E-state index >= 15 is 0 Å². The Hall–Kier alpha value is -0.120. The van der Waals surface area contributed by atoms with Crippen LogP contribution in [-0.4, -0.2) is 35.6 Å². The zero-order chi connectivity index (χ0) is 12.1. The third kappa shape index (κ3) is 4.04. The largest absolute Gasteiger partial charge is 0.394 e. The Morgan fingerprint density at radius 2 is 2.00 bits per heavy atom. The highest BCUT2D eigenvalue weighted by atomic mass is 16.5. The van der Waals surface area contributed by atoms with Crippen molar-refractivity contribution < 1.29 is 14.9 Å². The Bertz CT molecular complexity index is 194. The summed E-state index contributed by atoms with van der Waals surface area (Å²) in [5.41, 5.74) is 0. The Morgan fingerprint density at radius 3 is 2.56 bits per heavy atom. The van der Waals surface area contributed by atoms with Crippen molar-refractivity contribution in [2.24, 2.45) is 17.8 Å². The molecule has 1 rings (SSSR count). The monoisotopic (exact) mass is 230 g/mol. The van der Waals surface area contributed by atoms with Crippen LogP contribution in [0.3, 0.4) is 0 Å². The van der Waals surface area contributed by atoms with E-state index in [0.717, 1.165) is 6.42 Å². The molecule has 3 nitrogen and oxygen atoms in total. The number of rotatable bonds is 5. The van der Waals surface area contributed by atoms with E-state index in [1.807, 2.05) is 0 Å². The first-order valence-corrected chi connectivity index (χ1v) is 6.45. The summed E-state index contributed by atoms with van der Waals surface area (Å²) < 4.78 is 5.77. The van der Waals surface area contributed by atoms with Crippen LogP contribution in [0, 0.1) is 17.8 Å². The Morgan fingerprint density at radius 1 is 1.31 bits per heavy atom. The van der Waals surface area contributed by atoms with Crippen molar-refractivity contribution in [3.05, 3.63) is 0 Å². The molecular formula is C13H26O3. The van der Waals surface area contributed by atoms with Gasteiger partial charge in [-0.25, -0.2) is 0 Å². The number of hydrogen-bond donors (Lipinski definition) is 2. The highest BCUT2D eigenvalue weighted by molar-refractivity contribution is 4.81. The van der Waals surface area contributed by atoms with Gasteiger partial charge >= 0.3 is 0 Å². The molecule has 0 aromatic rings. The van der Waals surface area contributed by atoms with Crippen molar-refractivity contribution in [3.63, 3.8) is 0 Å². The lowest BCUT2D eigenvalue weighted by atomic mass is 9.75. The van der Waals surface area contributed by atoms with E-state index in [1.165, 1.54) is 12.8 Å². The van der Waals surface area contributed by atoms with Gasteiger partial charge in [-0.1, -0.05) is 27.2 Å². The highest BCUT2D eigenvalue weighted by Gasteiger charge is 2.31. The first kappa shape index (κ1) is 13.9. The minimum atomic E-state index is -0.731. The molecule has 4 atom stereocenters. The van der Waals surface area contributed by atoms with Crippen LogP contribution in [0.1, 0.15) is 40.0 Å². The second kappa shape index (κ2) is 6.58. The van der Waals surface area contributed by atoms with Gasteiger partial charge in [0.2, 0.25) is 0 Å². The molecule has 16 heavy (non-hydrogen) atoms. The van der Waals surface area contributed by atoms with Crippen molar-refractivity contribution >= 4 is 0 Å². The van der Waals surface area contributed by atoms with Gasteiger partial charge in [-0.3, -0.25) is 0 Å². The average molecular weight is 230 g/mol. The predicted molar refractivity (Wildman–Crippen MR) is 64.2 cm³/mol. The van der Waals surface area contributed by atoms with E-state index in [1.54, 1.807) is 0 Å². The third-order valence-electron chi connectivity index (χ3n) is 3.67. The summed E-state index contributed by atoms with van der Waals surface area (Å²) in [4.78, 5) is 0. The van der Waals surface area contributed by atoms with Gasteiger partial charge in [-0.2, -0.15) is 0 Å². The summed E-state index contributed by atoms with van der Waals surface area (Å²) in [6.07, 6.45) is 3.11. The van der Waals surface area contributed by atoms with Gasteiger partial charge < -0.3 is 14.9 Å². The Balaban J connectivity index is 2.44. The zero-order valence-corrected chi connectivity index (χ0v) is 10.7. The minimum Gasteiger partial charge on any atom is -0.394 e. The summed E-state index contributed by atoms with van der Waals surface area (Å²) in [5.74, 6) is 1.94. The van der Waals surface area contributed by atoms with Gasteiger partial charge in [0.25, 0.3) is 0 Å². The maximum absolute atomic E-state index is 9.30. The number of hydrogen-bond acceptors (Lipinski definition) is 3. The van der Waals surface area contributed by atoms with Crippen molar-refractivity contribution in [1.29, 1.82) is 0 Å². The van der Waals surface area contributed by atoms with Crippen LogP contribution in [0.15, 0.2) is 0 Å². The summed E-state index contributed by atoms with van der Waals surface area (Å²) in [5, 5.41) is 18.1. The van der Waals surface area contributed by atoms with Gasteiger partial charge in [0, 0.05) is 0 Å². The van der Waals surface area contributed by atoms with Crippen LogP contribution in [-0.2, 0) is 4.74 Å². The fraction of sp³-hybridized carbons (Fsp3) is 1.00. The first-order chi connectivity index (χ1) is 7.54. The molecule has 1 aliphatic rings. The van der Waals surface area contributed by atoms with Crippen molar-refractivity contribution in [2.45, 2.75) is 52.2 Å². The maximum atomic E-state index is 9.30. The molecule has 1 fully saturated rings. The quantitative estimate of drug-likeness (QED) is 0.757. The summed E-state index contributed by atoms with van der Waals surface area (Å²) in [6.45, 7) is 6.78. The van der Waals surface area contributed by atoms with Crippen LogP contribution in [0.5, 0.6) is 0 Å². The van der Waals surface area contributed by atoms with E-state index in [2.05, 4.69) is 20.8 Å². The van der Waals surface area contributed by atoms with Gasteiger partial charge in [0.05, 0.1) is 19.3 Å². The number of ether oxygens (including phenoxy) is 1. The Labute approximate surface area is 98.8 Å². The van der Waals surface area contributed by atoms with Crippen molar-refractivity contribution in [1.82, 2.24) is 0 Å². The fourth-order valence-corrected chi connectivity index (χ4v) is 2.59. The average Bonchev–Trinajstić information content (AvgIpc) is 2.25.